The second-order valence-corrected chi connectivity index (χ2v) is 7.03. The number of carbonyl (C=O) groups excluding carboxylic acids is 1. The first-order chi connectivity index (χ1) is 12.6. The summed E-state index contributed by atoms with van der Waals surface area (Å²) in [6.45, 7) is 4.39. The van der Waals surface area contributed by atoms with Gasteiger partial charge in [-0.1, -0.05) is 41.7 Å². The molecule has 2 aromatic carbocycles. The first-order valence-electron chi connectivity index (χ1n) is 8.52. The normalized spacial score (nSPS) is 11.6. The Morgan fingerprint density at radius 3 is 2.42 bits per heavy atom. The van der Waals surface area contributed by atoms with Gasteiger partial charge >= 0.3 is 0 Å². The minimum absolute atomic E-state index is 0.0807. The van der Waals surface area contributed by atoms with Crippen molar-refractivity contribution in [3.8, 4) is 5.75 Å². The van der Waals surface area contributed by atoms with Crippen molar-refractivity contribution < 1.29 is 9.53 Å². The predicted octanol–water partition coefficient (Wildman–Crippen LogP) is 4.54. The zero-order valence-corrected chi connectivity index (χ0v) is 16.0. The van der Waals surface area contributed by atoms with E-state index in [0.717, 1.165) is 39.8 Å². The summed E-state index contributed by atoms with van der Waals surface area (Å²) in [5.41, 5.74) is 3.09. The van der Waals surface area contributed by atoms with E-state index < -0.39 is 0 Å². The van der Waals surface area contributed by atoms with Crippen molar-refractivity contribution in [2.75, 3.05) is 7.11 Å². The Labute approximate surface area is 157 Å². The second kappa shape index (κ2) is 8.15. The van der Waals surface area contributed by atoms with Crippen LogP contribution in [0.5, 0.6) is 5.75 Å². The summed E-state index contributed by atoms with van der Waals surface area (Å²) in [6, 6.07) is 18.0. The molecule has 0 atom stereocenters. The molecule has 0 saturated carbocycles. The maximum absolute atomic E-state index is 12.0. The fourth-order valence-corrected chi connectivity index (χ4v) is 3.89. The topological polar surface area (TPSA) is 43.6 Å². The molecule has 1 aromatic heterocycles. The van der Waals surface area contributed by atoms with E-state index in [9.17, 15) is 4.79 Å². The first-order valence-corrected chi connectivity index (χ1v) is 9.34. The van der Waals surface area contributed by atoms with E-state index in [1.54, 1.807) is 14.0 Å². The number of rotatable bonds is 6. The second-order valence-electron chi connectivity index (χ2n) is 6.05. The van der Waals surface area contributed by atoms with Gasteiger partial charge in [-0.3, -0.25) is 4.79 Å². The van der Waals surface area contributed by atoms with Crippen molar-refractivity contribution in [3.05, 3.63) is 75.5 Å². The molecule has 0 aliphatic rings. The number of benzene rings is 2. The molecule has 5 heteroatoms. The van der Waals surface area contributed by atoms with Crippen molar-refractivity contribution in [1.82, 2.24) is 4.57 Å². The predicted molar refractivity (Wildman–Crippen MR) is 105 cm³/mol. The molecule has 3 aromatic rings. The Kier molecular flexibility index (Phi) is 5.68. The van der Waals surface area contributed by atoms with Gasteiger partial charge in [0.05, 0.1) is 17.7 Å². The number of methoxy groups -OCH3 is 1. The van der Waals surface area contributed by atoms with E-state index in [-0.39, 0.29) is 5.78 Å². The molecular formula is C21H22N2O2S. The monoisotopic (exact) mass is 366 g/mol. The number of aromatic nitrogens is 1. The van der Waals surface area contributed by atoms with Crippen LogP contribution >= 0.6 is 11.3 Å². The number of carbonyl (C=O) groups is 1. The van der Waals surface area contributed by atoms with Crippen LogP contribution in [0.15, 0.2) is 59.6 Å². The molecule has 0 aliphatic carbocycles. The third-order valence-corrected chi connectivity index (χ3v) is 5.52. The van der Waals surface area contributed by atoms with Crippen LogP contribution in [-0.4, -0.2) is 17.5 Å². The molecule has 4 nitrogen and oxygen atoms in total. The standard InChI is InChI=1S/C21H22N2O2S/c1-15-20(16(2)24)26-21(22-18-9-11-19(25-3)12-10-18)23(15)14-13-17-7-5-4-6-8-17/h4-12H,13-14H2,1-3H3. The van der Waals surface area contributed by atoms with E-state index in [1.165, 1.54) is 16.9 Å². The highest BCUT2D eigenvalue weighted by Crippen LogP contribution is 2.19. The minimum Gasteiger partial charge on any atom is -0.497 e. The Balaban J connectivity index is 1.98. The average Bonchev–Trinajstić information content (AvgIpc) is 2.97. The Hall–Kier alpha value is -2.66. The van der Waals surface area contributed by atoms with Crippen LogP contribution in [0.3, 0.4) is 0 Å². The summed E-state index contributed by atoms with van der Waals surface area (Å²) in [4.78, 5) is 18.4. The maximum Gasteiger partial charge on any atom is 0.190 e. The van der Waals surface area contributed by atoms with Crippen molar-refractivity contribution in [3.63, 3.8) is 0 Å². The van der Waals surface area contributed by atoms with Crippen LogP contribution in [-0.2, 0) is 13.0 Å². The van der Waals surface area contributed by atoms with Gasteiger partial charge in [0.25, 0.3) is 0 Å². The zero-order chi connectivity index (χ0) is 18.5. The summed E-state index contributed by atoms with van der Waals surface area (Å²) in [7, 11) is 1.64. The molecule has 1 heterocycles. The Bertz CT molecular complexity index is 954. The van der Waals surface area contributed by atoms with E-state index >= 15 is 0 Å². The number of nitrogens with zero attached hydrogens (tertiary/aromatic N) is 2. The number of ether oxygens (including phenoxy) is 1. The molecule has 0 bridgehead atoms. The molecule has 0 radical (unpaired) electrons. The maximum atomic E-state index is 12.0. The van der Waals surface area contributed by atoms with Gasteiger partial charge in [0.15, 0.2) is 10.6 Å². The molecule has 0 saturated heterocycles. The van der Waals surface area contributed by atoms with Crippen LogP contribution in [0.25, 0.3) is 0 Å². The van der Waals surface area contributed by atoms with Crippen LogP contribution in [0.2, 0.25) is 0 Å². The highest BCUT2D eigenvalue weighted by molar-refractivity contribution is 7.11. The summed E-state index contributed by atoms with van der Waals surface area (Å²) in [5.74, 6) is 0.879. The van der Waals surface area contributed by atoms with Gasteiger partial charge in [0.2, 0.25) is 0 Å². The molecular weight excluding hydrogens is 344 g/mol. The highest BCUT2D eigenvalue weighted by Gasteiger charge is 2.13. The van der Waals surface area contributed by atoms with Gasteiger partial charge in [-0.15, -0.1) is 0 Å². The average molecular weight is 366 g/mol. The van der Waals surface area contributed by atoms with Gasteiger partial charge < -0.3 is 9.30 Å². The largest absolute Gasteiger partial charge is 0.497 e. The lowest BCUT2D eigenvalue weighted by Crippen LogP contribution is -2.17. The summed E-state index contributed by atoms with van der Waals surface area (Å²) in [6.07, 6.45) is 0.894. The van der Waals surface area contributed by atoms with E-state index in [4.69, 9.17) is 9.73 Å². The van der Waals surface area contributed by atoms with Crippen molar-refractivity contribution in [2.24, 2.45) is 4.99 Å². The highest BCUT2D eigenvalue weighted by atomic mass is 32.1. The number of aryl methyl sites for hydroxylation is 1. The van der Waals surface area contributed by atoms with Crippen molar-refractivity contribution in [2.45, 2.75) is 26.8 Å². The van der Waals surface area contributed by atoms with Gasteiger partial charge in [-0.2, -0.15) is 0 Å². The molecule has 26 heavy (non-hydrogen) atoms. The summed E-state index contributed by atoms with van der Waals surface area (Å²) >= 11 is 1.45. The Morgan fingerprint density at radius 2 is 1.81 bits per heavy atom. The first kappa shape index (κ1) is 18.1. The Morgan fingerprint density at radius 1 is 1.12 bits per heavy atom. The molecule has 0 amide bonds. The van der Waals surface area contributed by atoms with Crippen LogP contribution in [0.1, 0.15) is 27.9 Å². The van der Waals surface area contributed by atoms with Crippen molar-refractivity contribution >= 4 is 22.8 Å². The number of thiazole rings is 1. The smallest absolute Gasteiger partial charge is 0.190 e. The molecule has 0 aliphatic heterocycles. The van der Waals surface area contributed by atoms with Gasteiger partial charge in [0, 0.05) is 19.2 Å². The lowest BCUT2D eigenvalue weighted by atomic mass is 10.1. The number of Topliss-reactive ketones (excluding diaryl/α,β-unsaturated/α-hetero) is 1. The van der Waals surface area contributed by atoms with Crippen molar-refractivity contribution in [1.29, 1.82) is 0 Å². The quantitative estimate of drug-likeness (QED) is 0.601. The van der Waals surface area contributed by atoms with E-state index in [1.807, 2.05) is 49.4 Å². The number of ketones is 1. The fourth-order valence-electron chi connectivity index (χ4n) is 2.81. The number of hydrogen-bond donors (Lipinski definition) is 0. The third kappa shape index (κ3) is 4.11. The summed E-state index contributed by atoms with van der Waals surface area (Å²) in [5, 5.41) is 0. The summed E-state index contributed by atoms with van der Waals surface area (Å²) < 4.78 is 7.33. The minimum atomic E-state index is 0.0807. The van der Waals surface area contributed by atoms with E-state index in [0.29, 0.717) is 0 Å². The van der Waals surface area contributed by atoms with E-state index in [2.05, 4.69) is 16.7 Å². The van der Waals surface area contributed by atoms with Gasteiger partial charge in [0.1, 0.15) is 5.75 Å². The lowest BCUT2D eigenvalue weighted by molar-refractivity contribution is 0.102. The van der Waals surface area contributed by atoms with Gasteiger partial charge in [-0.25, -0.2) is 4.99 Å². The lowest BCUT2D eigenvalue weighted by Gasteiger charge is -2.07. The van der Waals surface area contributed by atoms with Gasteiger partial charge in [-0.05, 0) is 43.2 Å². The molecule has 3 rings (SSSR count). The molecule has 0 fully saturated rings. The van der Waals surface area contributed by atoms with Crippen LogP contribution in [0, 0.1) is 6.92 Å². The molecule has 134 valence electrons. The zero-order valence-electron chi connectivity index (χ0n) is 15.2. The SMILES string of the molecule is COc1ccc(N=c2sc(C(C)=O)c(C)n2CCc2ccccc2)cc1. The molecule has 0 N–H and O–H groups in total. The number of hydrogen-bond acceptors (Lipinski definition) is 4. The van der Waals surface area contributed by atoms with Crippen LogP contribution < -0.4 is 9.54 Å². The van der Waals surface area contributed by atoms with Crippen LogP contribution in [0.4, 0.5) is 5.69 Å². The molecule has 0 unspecified atom stereocenters. The fraction of sp³-hybridized carbons (Fsp3) is 0.238. The third-order valence-electron chi connectivity index (χ3n) is 4.24. The molecule has 0 spiro atoms.